The number of phenolic OH excluding ortho intramolecular Hbond substituents is 1. The number of hydrogen-bond donors (Lipinski definition) is 5. The van der Waals surface area contributed by atoms with Crippen LogP contribution >= 0.6 is 0 Å². The van der Waals surface area contributed by atoms with Crippen molar-refractivity contribution in [3.63, 3.8) is 0 Å². The number of carbonyl (C=O) groups is 2. The second-order valence-corrected chi connectivity index (χ2v) is 8.60. The lowest BCUT2D eigenvalue weighted by atomic mass is 10.1. The number of ether oxygens (including phenoxy) is 1. The molecule has 172 valence electrons. The highest BCUT2D eigenvalue weighted by Gasteiger charge is 2.22. The van der Waals surface area contributed by atoms with E-state index in [1.54, 1.807) is 13.8 Å². The summed E-state index contributed by atoms with van der Waals surface area (Å²) in [5.74, 6) is -2.97. The van der Waals surface area contributed by atoms with Gasteiger partial charge in [-0.05, 0) is 61.4 Å². The highest BCUT2D eigenvalue weighted by Crippen LogP contribution is 2.35. The van der Waals surface area contributed by atoms with Gasteiger partial charge in [0.2, 0.25) is 0 Å². The summed E-state index contributed by atoms with van der Waals surface area (Å²) in [6, 6.07) is 9.26. The molecule has 1 aromatic heterocycles. The maximum absolute atomic E-state index is 12.7. The van der Waals surface area contributed by atoms with Crippen LogP contribution in [0.3, 0.4) is 0 Å². The van der Waals surface area contributed by atoms with E-state index in [4.69, 9.17) is 9.84 Å². The van der Waals surface area contributed by atoms with Crippen molar-refractivity contribution in [2.75, 3.05) is 10.0 Å². The van der Waals surface area contributed by atoms with E-state index in [1.807, 2.05) is 0 Å². The van der Waals surface area contributed by atoms with Gasteiger partial charge in [-0.2, -0.15) is 0 Å². The molecular weight excluding hydrogens is 454 g/mol. The number of aromatic nitrogens is 1. The number of hydrogen-bond acceptors (Lipinski definition) is 7. The van der Waals surface area contributed by atoms with Crippen LogP contribution in [-0.2, 0) is 19.6 Å². The van der Waals surface area contributed by atoms with Crippen molar-refractivity contribution in [3.8, 4) is 17.2 Å². The summed E-state index contributed by atoms with van der Waals surface area (Å²) in [6.07, 6.45) is 1.34. The van der Waals surface area contributed by atoms with Crippen LogP contribution in [0.5, 0.6) is 17.2 Å². The molecule has 1 amide bonds. The van der Waals surface area contributed by atoms with Crippen molar-refractivity contribution >= 4 is 33.3 Å². The zero-order valence-electron chi connectivity index (χ0n) is 17.4. The minimum atomic E-state index is -4.33. The molecule has 0 unspecified atom stereocenters. The van der Waals surface area contributed by atoms with Crippen LogP contribution in [0, 0.1) is 13.8 Å². The van der Waals surface area contributed by atoms with E-state index in [0.717, 1.165) is 12.1 Å². The molecule has 0 atom stereocenters. The van der Waals surface area contributed by atoms with Crippen LogP contribution in [0.25, 0.3) is 0 Å². The SMILES string of the molecule is Cc1cc(NC(=O)C(=O)O)cc(C)c1Oc1ccc(O)c(S(=O)(=O)Nc2ccc[nH]c2=O)c1. The number of carboxylic acid groups (broad SMARTS) is 1. The number of sulfonamides is 1. The Labute approximate surface area is 187 Å². The van der Waals surface area contributed by atoms with Crippen LogP contribution in [0.4, 0.5) is 11.4 Å². The standard InChI is InChI=1S/C21H19N3O8S/c1-11-8-13(23-20(27)21(28)29)9-12(2)18(11)32-14-5-6-16(25)17(10-14)33(30,31)24-15-4-3-7-22-19(15)26/h3-10,24-25H,1-2H3,(H,22,26)(H,23,27)(H,28,29). The zero-order chi connectivity index (χ0) is 24.3. The Kier molecular flexibility index (Phi) is 6.40. The molecule has 5 N–H and O–H groups in total. The summed E-state index contributed by atoms with van der Waals surface area (Å²) in [5, 5.41) is 21.1. The number of carboxylic acids is 1. The lowest BCUT2D eigenvalue weighted by Crippen LogP contribution is -2.21. The first-order chi connectivity index (χ1) is 15.5. The Morgan fingerprint density at radius 1 is 1.06 bits per heavy atom. The van der Waals surface area contributed by atoms with Gasteiger partial charge in [-0.1, -0.05) is 0 Å². The molecule has 3 rings (SSSR count). The molecular formula is C21H19N3O8S. The Morgan fingerprint density at radius 2 is 1.73 bits per heavy atom. The first-order valence-electron chi connectivity index (χ1n) is 9.35. The smallest absolute Gasteiger partial charge is 0.394 e. The van der Waals surface area contributed by atoms with Gasteiger partial charge in [0.25, 0.3) is 15.6 Å². The van der Waals surface area contributed by atoms with Gasteiger partial charge in [0.15, 0.2) is 0 Å². The highest BCUT2D eigenvalue weighted by atomic mass is 32.2. The van der Waals surface area contributed by atoms with Crippen molar-refractivity contribution in [2.45, 2.75) is 18.7 Å². The molecule has 0 aliphatic heterocycles. The minimum absolute atomic E-state index is 0.0728. The molecule has 0 spiro atoms. The van der Waals surface area contributed by atoms with E-state index < -0.39 is 38.1 Å². The van der Waals surface area contributed by atoms with Crippen molar-refractivity contribution in [1.82, 2.24) is 4.98 Å². The second-order valence-electron chi connectivity index (χ2n) is 6.95. The molecule has 0 saturated carbocycles. The Morgan fingerprint density at radius 3 is 2.33 bits per heavy atom. The zero-order valence-corrected chi connectivity index (χ0v) is 18.2. The third-order valence-corrected chi connectivity index (χ3v) is 5.81. The van der Waals surface area contributed by atoms with Crippen molar-refractivity contribution in [3.05, 3.63) is 70.1 Å². The number of pyridine rings is 1. The van der Waals surface area contributed by atoms with E-state index in [2.05, 4.69) is 15.0 Å². The van der Waals surface area contributed by atoms with Crippen LogP contribution in [0.1, 0.15) is 11.1 Å². The number of aliphatic carboxylic acids is 1. The summed E-state index contributed by atoms with van der Waals surface area (Å²) in [6.45, 7) is 3.31. The predicted octanol–water partition coefficient (Wildman–Crippen LogP) is 2.31. The number of amides is 1. The van der Waals surface area contributed by atoms with Gasteiger partial charge >= 0.3 is 11.9 Å². The van der Waals surface area contributed by atoms with Gasteiger partial charge in [0.1, 0.15) is 27.8 Å². The largest absolute Gasteiger partial charge is 0.507 e. The predicted molar refractivity (Wildman–Crippen MR) is 118 cm³/mol. The number of rotatable bonds is 6. The number of anilines is 2. The summed E-state index contributed by atoms with van der Waals surface area (Å²) < 4.78 is 33.4. The lowest BCUT2D eigenvalue weighted by Gasteiger charge is -2.15. The average Bonchev–Trinajstić information content (AvgIpc) is 2.73. The van der Waals surface area contributed by atoms with E-state index in [0.29, 0.717) is 16.9 Å². The van der Waals surface area contributed by atoms with Gasteiger partial charge in [-0.15, -0.1) is 0 Å². The average molecular weight is 473 g/mol. The van der Waals surface area contributed by atoms with Gasteiger partial charge in [0.05, 0.1) is 0 Å². The number of benzene rings is 2. The molecule has 33 heavy (non-hydrogen) atoms. The molecule has 0 radical (unpaired) electrons. The fourth-order valence-corrected chi connectivity index (χ4v) is 4.14. The molecule has 0 saturated heterocycles. The van der Waals surface area contributed by atoms with Crippen LogP contribution < -0.4 is 20.3 Å². The van der Waals surface area contributed by atoms with Gasteiger partial charge in [-0.3, -0.25) is 14.3 Å². The summed E-state index contributed by atoms with van der Waals surface area (Å²) in [5.41, 5.74) is 0.420. The molecule has 0 fully saturated rings. The maximum Gasteiger partial charge on any atom is 0.394 e. The third kappa shape index (κ3) is 5.30. The van der Waals surface area contributed by atoms with E-state index in [1.165, 1.54) is 36.5 Å². The number of aromatic hydroxyl groups is 1. The van der Waals surface area contributed by atoms with Crippen molar-refractivity contribution in [1.29, 1.82) is 0 Å². The normalized spacial score (nSPS) is 11.0. The molecule has 1 heterocycles. The quantitative estimate of drug-likeness (QED) is 0.339. The number of H-pyrrole nitrogens is 1. The van der Waals surface area contributed by atoms with Crippen molar-refractivity contribution < 1.29 is 33.0 Å². The maximum atomic E-state index is 12.7. The van der Waals surface area contributed by atoms with Crippen molar-refractivity contribution in [2.24, 2.45) is 0 Å². The summed E-state index contributed by atoms with van der Waals surface area (Å²) in [7, 11) is -4.33. The number of phenols is 1. The number of aromatic amines is 1. The van der Waals surface area contributed by atoms with E-state index in [-0.39, 0.29) is 17.1 Å². The van der Waals surface area contributed by atoms with Crippen LogP contribution in [0.15, 0.2) is 58.4 Å². The first-order valence-corrected chi connectivity index (χ1v) is 10.8. The monoisotopic (exact) mass is 473 g/mol. The Balaban J connectivity index is 1.91. The molecule has 12 heteroatoms. The second kappa shape index (κ2) is 9.04. The highest BCUT2D eigenvalue weighted by molar-refractivity contribution is 7.92. The summed E-state index contributed by atoms with van der Waals surface area (Å²) in [4.78, 5) is 35.7. The number of carbonyl (C=O) groups excluding carboxylic acids is 1. The molecule has 2 aromatic carbocycles. The Hall–Kier alpha value is -4.32. The molecule has 3 aromatic rings. The molecule has 0 aliphatic carbocycles. The minimum Gasteiger partial charge on any atom is -0.507 e. The topological polar surface area (TPSA) is 175 Å². The van der Waals surface area contributed by atoms with Gasteiger partial charge in [-0.25, -0.2) is 13.2 Å². The third-order valence-electron chi connectivity index (χ3n) is 4.42. The van der Waals surface area contributed by atoms with E-state index in [9.17, 15) is 27.9 Å². The fraction of sp³-hybridized carbons (Fsp3) is 0.0952. The molecule has 11 nitrogen and oxygen atoms in total. The Bertz CT molecular complexity index is 1390. The molecule has 0 aliphatic rings. The van der Waals surface area contributed by atoms with Gasteiger partial charge < -0.3 is 25.3 Å². The lowest BCUT2D eigenvalue weighted by molar-refractivity contribution is -0.147. The first kappa shape index (κ1) is 23.3. The number of nitrogens with one attached hydrogen (secondary N) is 3. The van der Waals surface area contributed by atoms with E-state index >= 15 is 0 Å². The fourth-order valence-electron chi connectivity index (χ4n) is 2.96. The van der Waals surface area contributed by atoms with Crippen LogP contribution in [-0.4, -0.2) is 35.5 Å². The number of aryl methyl sites for hydroxylation is 2. The van der Waals surface area contributed by atoms with Gasteiger partial charge in [0, 0.05) is 18.0 Å². The molecule has 0 bridgehead atoms. The summed E-state index contributed by atoms with van der Waals surface area (Å²) >= 11 is 0. The van der Waals surface area contributed by atoms with Crippen LogP contribution in [0.2, 0.25) is 0 Å².